The van der Waals surface area contributed by atoms with Crippen molar-refractivity contribution < 1.29 is 13.2 Å². The zero-order valence-corrected chi connectivity index (χ0v) is 23.2. The van der Waals surface area contributed by atoms with Gasteiger partial charge in [0.2, 0.25) is 10.0 Å². The van der Waals surface area contributed by atoms with Gasteiger partial charge < -0.3 is 20.7 Å². The molecule has 4 heterocycles. The molecule has 11 heteroatoms. The first-order chi connectivity index (χ1) is 18.7. The number of aryl methyl sites for hydroxylation is 1. The van der Waals surface area contributed by atoms with Gasteiger partial charge in [0.1, 0.15) is 35.2 Å². The number of hydrogen-bond acceptors (Lipinski definition) is 9. The first kappa shape index (κ1) is 26.0. The topological polar surface area (TPSA) is 135 Å². The van der Waals surface area contributed by atoms with Gasteiger partial charge in [-0.3, -0.25) is 0 Å². The number of hydrogen-bond donors (Lipinski definition) is 3. The van der Waals surface area contributed by atoms with E-state index in [1.54, 1.807) is 18.6 Å². The number of nitrogens with one attached hydrogen (secondary N) is 2. The number of benzene rings is 1. The Hall–Kier alpha value is -3.28. The van der Waals surface area contributed by atoms with Crippen molar-refractivity contribution in [3.63, 3.8) is 0 Å². The van der Waals surface area contributed by atoms with Crippen LogP contribution in [0, 0.1) is 5.41 Å². The minimum absolute atomic E-state index is 0.0169. The van der Waals surface area contributed by atoms with E-state index in [-0.39, 0.29) is 22.3 Å². The molecule has 0 saturated carbocycles. The summed E-state index contributed by atoms with van der Waals surface area (Å²) in [6, 6.07) is 7.51. The highest BCUT2D eigenvalue weighted by Gasteiger charge is 2.31. The third kappa shape index (κ3) is 5.30. The molecule has 1 aromatic carbocycles. The summed E-state index contributed by atoms with van der Waals surface area (Å²) in [7, 11) is -3.84. The number of nitrogens with two attached hydrogens (primary N) is 1. The van der Waals surface area contributed by atoms with Crippen LogP contribution < -0.4 is 25.4 Å². The summed E-state index contributed by atoms with van der Waals surface area (Å²) >= 11 is 0. The molecule has 1 atom stereocenters. The average molecular weight is 550 g/mol. The molecule has 6 rings (SSSR count). The van der Waals surface area contributed by atoms with Crippen molar-refractivity contribution in [1.82, 2.24) is 25.0 Å². The van der Waals surface area contributed by atoms with Gasteiger partial charge in [-0.1, -0.05) is 19.9 Å². The van der Waals surface area contributed by atoms with Gasteiger partial charge in [-0.25, -0.2) is 23.4 Å². The molecule has 2 aromatic heterocycles. The fraction of sp³-hybridized carbons (Fsp3) is 0.464. The first-order valence-electron chi connectivity index (χ1n) is 13.5. The van der Waals surface area contributed by atoms with Crippen molar-refractivity contribution in [2.24, 2.45) is 5.41 Å². The SMILES string of the molecule is CC1(C)CCc2ncnc(N3CCOc4ccc(-c5cnc(N)c(S(=O)(=O)NC6CCCN6)c5)cc4C3)c2C1. The third-order valence-electron chi connectivity index (χ3n) is 7.91. The Balaban J connectivity index is 1.31. The van der Waals surface area contributed by atoms with Crippen LogP contribution in [0.1, 0.15) is 49.9 Å². The van der Waals surface area contributed by atoms with E-state index >= 15 is 0 Å². The zero-order valence-electron chi connectivity index (χ0n) is 22.4. The number of nitrogens with zero attached hydrogens (tertiary/aromatic N) is 4. The summed E-state index contributed by atoms with van der Waals surface area (Å²) in [6.45, 7) is 7.26. The Labute approximate surface area is 229 Å². The summed E-state index contributed by atoms with van der Waals surface area (Å²) in [5.41, 5.74) is 11.1. The largest absolute Gasteiger partial charge is 0.491 e. The molecule has 2 aliphatic heterocycles. The number of sulfonamides is 1. The zero-order chi connectivity index (χ0) is 27.2. The van der Waals surface area contributed by atoms with Gasteiger partial charge in [0.15, 0.2) is 0 Å². The maximum absolute atomic E-state index is 13.1. The number of rotatable bonds is 5. The highest BCUT2D eigenvalue weighted by atomic mass is 32.2. The van der Waals surface area contributed by atoms with Gasteiger partial charge in [0, 0.05) is 35.1 Å². The van der Waals surface area contributed by atoms with Gasteiger partial charge in [0.05, 0.1) is 12.7 Å². The lowest BCUT2D eigenvalue weighted by atomic mass is 9.76. The molecular formula is C28H35N7O3S. The molecule has 4 N–H and O–H groups in total. The lowest BCUT2D eigenvalue weighted by Gasteiger charge is -2.33. The fourth-order valence-electron chi connectivity index (χ4n) is 5.75. The van der Waals surface area contributed by atoms with Gasteiger partial charge in [-0.05, 0) is 67.8 Å². The Morgan fingerprint density at radius 3 is 2.87 bits per heavy atom. The van der Waals surface area contributed by atoms with E-state index in [1.807, 2.05) is 18.2 Å². The van der Waals surface area contributed by atoms with Crippen LogP contribution in [-0.2, 0) is 29.4 Å². The second-order valence-electron chi connectivity index (χ2n) is 11.4. The van der Waals surface area contributed by atoms with E-state index in [1.165, 1.54) is 5.56 Å². The van der Waals surface area contributed by atoms with Gasteiger partial charge in [-0.15, -0.1) is 0 Å². The molecule has 1 aliphatic carbocycles. The normalized spacial score (nSPS) is 20.6. The molecule has 3 aliphatic rings. The smallest absolute Gasteiger partial charge is 0.245 e. The molecule has 1 saturated heterocycles. The van der Waals surface area contributed by atoms with Gasteiger partial charge in [0.25, 0.3) is 0 Å². The maximum atomic E-state index is 13.1. The molecule has 0 spiro atoms. The highest BCUT2D eigenvalue weighted by Crippen LogP contribution is 2.39. The molecular weight excluding hydrogens is 514 g/mol. The predicted molar refractivity (Wildman–Crippen MR) is 150 cm³/mol. The van der Waals surface area contributed by atoms with Crippen LogP contribution in [0.15, 0.2) is 41.7 Å². The number of pyridine rings is 1. The number of ether oxygens (including phenoxy) is 1. The van der Waals surface area contributed by atoms with Crippen LogP contribution in [-0.4, -0.2) is 49.2 Å². The van der Waals surface area contributed by atoms with Gasteiger partial charge >= 0.3 is 0 Å². The quantitative estimate of drug-likeness (QED) is 0.439. The van der Waals surface area contributed by atoms with E-state index in [9.17, 15) is 8.42 Å². The van der Waals surface area contributed by atoms with E-state index in [2.05, 4.69) is 38.8 Å². The van der Waals surface area contributed by atoms with Crippen molar-refractivity contribution in [3.8, 4) is 16.9 Å². The number of fused-ring (bicyclic) bond motifs is 2. The molecule has 0 radical (unpaired) electrons. The molecule has 0 bridgehead atoms. The van der Waals surface area contributed by atoms with E-state index < -0.39 is 10.0 Å². The fourth-order valence-corrected chi connectivity index (χ4v) is 7.06. The lowest BCUT2D eigenvalue weighted by Crippen LogP contribution is -2.41. The second-order valence-corrected chi connectivity index (χ2v) is 13.1. The second kappa shape index (κ2) is 10.0. The van der Waals surface area contributed by atoms with Crippen molar-refractivity contribution in [3.05, 3.63) is 53.6 Å². The Morgan fingerprint density at radius 1 is 1.18 bits per heavy atom. The molecule has 206 valence electrons. The van der Waals surface area contributed by atoms with Crippen LogP contribution in [0.25, 0.3) is 11.1 Å². The van der Waals surface area contributed by atoms with E-state index in [0.29, 0.717) is 25.3 Å². The molecule has 0 amide bonds. The summed E-state index contributed by atoms with van der Waals surface area (Å²) in [5.74, 6) is 1.77. The van der Waals surface area contributed by atoms with Gasteiger partial charge in [-0.2, -0.15) is 4.72 Å². The Morgan fingerprint density at radius 2 is 2.05 bits per heavy atom. The number of nitrogen functional groups attached to an aromatic ring is 1. The molecule has 1 fully saturated rings. The van der Waals surface area contributed by atoms with Crippen molar-refractivity contribution in [1.29, 1.82) is 0 Å². The minimum Gasteiger partial charge on any atom is -0.491 e. The van der Waals surface area contributed by atoms with Crippen LogP contribution in [0.3, 0.4) is 0 Å². The third-order valence-corrected chi connectivity index (χ3v) is 9.41. The predicted octanol–water partition coefficient (Wildman–Crippen LogP) is 3.02. The summed E-state index contributed by atoms with van der Waals surface area (Å²) in [5, 5.41) is 3.15. The Bertz CT molecular complexity index is 1500. The molecule has 10 nitrogen and oxygen atoms in total. The van der Waals surface area contributed by atoms with Crippen LogP contribution in [0.4, 0.5) is 11.6 Å². The van der Waals surface area contributed by atoms with E-state index in [0.717, 1.165) is 67.0 Å². The Kier molecular flexibility index (Phi) is 6.68. The highest BCUT2D eigenvalue weighted by molar-refractivity contribution is 7.89. The summed E-state index contributed by atoms with van der Waals surface area (Å²) in [6.07, 6.45) is 7.67. The standard InChI is InChI=1S/C28H35N7O3S/c1-28(2)8-7-22-21(14-28)27(33-17-32-22)35-10-11-38-23-6-5-18(12-20(23)16-35)19-13-24(26(29)31-15-19)39(36,37)34-25-4-3-9-30-25/h5-6,12-13,15,17,25,30,34H,3-4,7-11,14,16H2,1-2H3,(H2,29,31). The number of anilines is 2. The summed E-state index contributed by atoms with van der Waals surface area (Å²) < 4.78 is 35.1. The number of aromatic nitrogens is 3. The van der Waals surface area contributed by atoms with Crippen molar-refractivity contribution in [2.75, 3.05) is 30.3 Å². The monoisotopic (exact) mass is 549 g/mol. The first-order valence-corrected chi connectivity index (χ1v) is 15.0. The van der Waals surface area contributed by atoms with Crippen LogP contribution in [0.5, 0.6) is 5.75 Å². The lowest BCUT2D eigenvalue weighted by molar-refractivity contribution is 0.310. The van der Waals surface area contributed by atoms with Crippen molar-refractivity contribution in [2.45, 2.75) is 63.6 Å². The van der Waals surface area contributed by atoms with Crippen molar-refractivity contribution >= 4 is 21.7 Å². The summed E-state index contributed by atoms with van der Waals surface area (Å²) in [4.78, 5) is 15.8. The average Bonchev–Trinajstić information content (AvgIpc) is 3.31. The minimum atomic E-state index is -3.84. The van der Waals surface area contributed by atoms with Crippen LogP contribution in [0.2, 0.25) is 0 Å². The molecule has 39 heavy (non-hydrogen) atoms. The van der Waals surface area contributed by atoms with E-state index in [4.69, 9.17) is 15.5 Å². The molecule has 3 aromatic rings. The van der Waals surface area contributed by atoms with Crippen LogP contribution >= 0.6 is 0 Å². The molecule has 1 unspecified atom stereocenters. The maximum Gasteiger partial charge on any atom is 0.245 e.